The van der Waals surface area contributed by atoms with E-state index in [9.17, 15) is 19.5 Å². The number of hydrogen-bond donors (Lipinski definition) is 4. The van der Waals surface area contributed by atoms with Crippen LogP contribution in [0, 0.1) is 0 Å². The second-order valence-electron chi connectivity index (χ2n) is 13.8. The number of aliphatic hydroxyl groups is 1. The van der Waals surface area contributed by atoms with Gasteiger partial charge in [-0.25, -0.2) is 14.6 Å². The molecular formula is C39H51N7O6S2. The van der Waals surface area contributed by atoms with Crippen LogP contribution in [0.2, 0.25) is 0 Å². The molecule has 0 saturated carbocycles. The smallest absolute Gasteiger partial charge is 0.409 e. The molecular weight excluding hydrogens is 727 g/mol. The number of nitrogens with zero attached hydrogens (tertiary/aromatic N) is 4. The third-order valence-corrected chi connectivity index (χ3v) is 11.0. The molecule has 1 saturated heterocycles. The molecule has 0 spiro atoms. The summed E-state index contributed by atoms with van der Waals surface area (Å²) in [7, 11) is 1.76. The van der Waals surface area contributed by atoms with Crippen molar-refractivity contribution in [2.75, 3.05) is 26.7 Å². The molecule has 54 heavy (non-hydrogen) atoms. The summed E-state index contributed by atoms with van der Waals surface area (Å²) in [5.74, 6) is 0.00178. The Morgan fingerprint density at radius 2 is 1.65 bits per heavy atom. The lowest BCUT2D eigenvalue weighted by atomic mass is 9.95. The first-order valence-electron chi connectivity index (χ1n) is 18.3. The summed E-state index contributed by atoms with van der Waals surface area (Å²) in [5.41, 5.74) is 4.64. The summed E-state index contributed by atoms with van der Waals surface area (Å²) in [4.78, 5) is 52.2. The van der Waals surface area contributed by atoms with E-state index in [4.69, 9.17) is 9.47 Å². The Balaban J connectivity index is 1.28. The van der Waals surface area contributed by atoms with Crippen molar-refractivity contribution in [3.8, 4) is 0 Å². The van der Waals surface area contributed by atoms with Gasteiger partial charge in [0.05, 0.1) is 33.7 Å². The molecule has 4 atom stereocenters. The highest BCUT2D eigenvalue weighted by atomic mass is 32.1. The molecule has 0 radical (unpaired) electrons. The molecule has 1 aliphatic rings. The molecule has 4 aromatic rings. The van der Waals surface area contributed by atoms with E-state index in [1.54, 1.807) is 39.9 Å². The van der Waals surface area contributed by atoms with E-state index >= 15 is 0 Å². The third-order valence-electron chi connectivity index (χ3n) is 9.10. The Morgan fingerprint density at radius 1 is 0.981 bits per heavy atom. The largest absolute Gasteiger partial charge is 0.448 e. The Labute approximate surface area is 325 Å². The van der Waals surface area contributed by atoms with Crippen LogP contribution in [0.1, 0.15) is 65.7 Å². The summed E-state index contributed by atoms with van der Waals surface area (Å²) in [6, 6.07) is 18.4. The van der Waals surface area contributed by atoms with Gasteiger partial charge >= 0.3 is 12.2 Å². The van der Waals surface area contributed by atoms with Crippen LogP contribution in [0.5, 0.6) is 0 Å². The van der Waals surface area contributed by atoms with Gasteiger partial charge in [0.15, 0.2) is 6.35 Å². The van der Waals surface area contributed by atoms with Gasteiger partial charge in [0.25, 0.3) is 0 Å². The second kappa shape index (κ2) is 20.9. The first-order valence-corrected chi connectivity index (χ1v) is 20.1. The molecule has 15 heteroatoms. The zero-order chi connectivity index (χ0) is 38.3. The minimum Gasteiger partial charge on any atom is -0.448 e. The summed E-state index contributed by atoms with van der Waals surface area (Å²) < 4.78 is 10.6. The van der Waals surface area contributed by atoms with Crippen molar-refractivity contribution in [3.63, 3.8) is 0 Å². The fourth-order valence-corrected chi connectivity index (χ4v) is 7.46. The Kier molecular flexibility index (Phi) is 15.8. The standard InChI is InChI=1S/C39H51N7O6S2/c1-27(2)36-42-32(25-53-36)23-45(3)37(48)44-34(16-17-46-18-19-51-39(46)50)35(47)41-30(20-28-10-6-4-7-11-28)14-15-31(21-29-12-8-5-9-13-29)43-38(49)52-24-33-22-40-26-54-33/h4-13,22,25-27,30-31,34,37,44,48H,14-21,23-24H2,1-3H3,(H,41,47)(H,43,49). The molecule has 4 unspecified atom stereocenters. The van der Waals surface area contributed by atoms with Crippen LogP contribution in [-0.2, 0) is 40.3 Å². The number of carbonyl (C=O) groups is 3. The molecule has 4 N–H and O–H groups in total. The van der Waals surface area contributed by atoms with Gasteiger partial charge in [-0.05, 0) is 50.3 Å². The number of alkyl carbamates (subject to hydrolysis) is 1. The SMILES string of the molecule is CC(C)c1nc(CN(C)C(O)NC(CCN2CCOC2=O)C(=O)NC(CCC(Cc2ccccc2)NC(=O)OCc2cncs2)Cc2ccccc2)cs1. The molecule has 0 bridgehead atoms. The van der Waals surface area contributed by atoms with Crippen LogP contribution in [0.15, 0.2) is 77.8 Å². The maximum Gasteiger partial charge on any atom is 0.409 e. The van der Waals surface area contributed by atoms with Gasteiger partial charge in [-0.1, -0.05) is 74.5 Å². The van der Waals surface area contributed by atoms with Gasteiger partial charge in [0.1, 0.15) is 13.2 Å². The maximum atomic E-state index is 14.2. The van der Waals surface area contributed by atoms with Crippen molar-refractivity contribution in [1.82, 2.24) is 35.7 Å². The van der Waals surface area contributed by atoms with Crippen LogP contribution >= 0.6 is 22.7 Å². The van der Waals surface area contributed by atoms with Gasteiger partial charge in [0.2, 0.25) is 5.91 Å². The van der Waals surface area contributed by atoms with Crippen LogP contribution in [0.25, 0.3) is 0 Å². The topological polar surface area (TPSA) is 158 Å². The molecule has 1 aliphatic heterocycles. The van der Waals surface area contributed by atoms with E-state index in [0.29, 0.717) is 51.3 Å². The molecule has 3 amide bonds. The lowest BCUT2D eigenvalue weighted by Crippen LogP contribution is -2.56. The van der Waals surface area contributed by atoms with Crippen molar-refractivity contribution in [2.24, 2.45) is 0 Å². The van der Waals surface area contributed by atoms with Crippen LogP contribution in [0.3, 0.4) is 0 Å². The molecule has 5 rings (SSSR count). The van der Waals surface area contributed by atoms with E-state index in [0.717, 1.165) is 26.7 Å². The Hall–Kier alpha value is -4.41. The minimum absolute atomic E-state index is 0.134. The number of cyclic esters (lactones) is 1. The fraction of sp³-hybridized carbons (Fsp3) is 0.462. The highest BCUT2D eigenvalue weighted by molar-refractivity contribution is 7.09. The van der Waals surface area contributed by atoms with Gasteiger partial charge in [-0.15, -0.1) is 22.7 Å². The lowest BCUT2D eigenvalue weighted by Gasteiger charge is -2.30. The first kappa shape index (κ1) is 40.8. The zero-order valence-electron chi connectivity index (χ0n) is 31.1. The van der Waals surface area contributed by atoms with E-state index in [-0.39, 0.29) is 37.6 Å². The van der Waals surface area contributed by atoms with Crippen molar-refractivity contribution in [2.45, 2.75) is 89.5 Å². The van der Waals surface area contributed by atoms with E-state index in [1.807, 2.05) is 66.0 Å². The Morgan fingerprint density at radius 3 is 2.22 bits per heavy atom. The average Bonchev–Trinajstić information content (AvgIpc) is 3.95. The molecule has 290 valence electrons. The zero-order valence-corrected chi connectivity index (χ0v) is 32.7. The number of nitrogens with one attached hydrogen (secondary N) is 3. The van der Waals surface area contributed by atoms with Gasteiger partial charge in [-0.2, -0.15) is 0 Å². The molecule has 13 nitrogen and oxygen atoms in total. The number of aromatic nitrogens is 2. The highest BCUT2D eigenvalue weighted by Crippen LogP contribution is 2.20. The fourth-order valence-electron chi connectivity index (χ4n) is 6.12. The quantitative estimate of drug-likeness (QED) is 0.0822. The number of aliphatic hydroxyl groups excluding tert-OH is 1. The maximum absolute atomic E-state index is 14.2. The van der Waals surface area contributed by atoms with E-state index < -0.39 is 24.6 Å². The monoisotopic (exact) mass is 777 g/mol. The van der Waals surface area contributed by atoms with Crippen molar-refractivity contribution in [3.05, 3.63) is 104 Å². The van der Waals surface area contributed by atoms with Crippen molar-refractivity contribution >= 4 is 40.8 Å². The summed E-state index contributed by atoms with van der Waals surface area (Å²) in [6.07, 6.45) is 2.05. The summed E-state index contributed by atoms with van der Waals surface area (Å²) in [6.45, 7) is 5.71. The van der Waals surface area contributed by atoms with Crippen molar-refractivity contribution in [1.29, 1.82) is 0 Å². The van der Waals surface area contributed by atoms with Crippen molar-refractivity contribution < 1.29 is 29.0 Å². The number of benzene rings is 2. The molecule has 2 aromatic carbocycles. The molecule has 0 aliphatic carbocycles. The van der Waals surface area contributed by atoms with Crippen LogP contribution < -0.4 is 16.0 Å². The number of thiazole rings is 2. The van der Waals surface area contributed by atoms with Gasteiger partial charge < -0.3 is 30.1 Å². The molecule has 1 fully saturated rings. The number of amides is 3. The lowest BCUT2D eigenvalue weighted by molar-refractivity contribution is -0.126. The van der Waals surface area contributed by atoms with E-state index in [2.05, 4.69) is 39.8 Å². The number of carbonyl (C=O) groups excluding carboxylic acids is 3. The number of rotatable bonds is 21. The highest BCUT2D eigenvalue weighted by Gasteiger charge is 2.29. The normalized spacial score (nSPS) is 15.1. The molecule has 2 aromatic heterocycles. The number of hydrogen-bond acceptors (Lipinski definition) is 12. The second-order valence-corrected chi connectivity index (χ2v) is 15.6. The molecule has 3 heterocycles. The summed E-state index contributed by atoms with van der Waals surface area (Å²) >= 11 is 3.01. The predicted molar refractivity (Wildman–Crippen MR) is 209 cm³/mol. The predicted octanol–water partition coefficient (Wildman–Crippen LogP) is 5.28. The average molecular weight is 778 g/mol. The van der Waals surface area contributed by atoms with Crippen LogP contribution in [0.4, 0.5) is 9.59 Å². The van der Waals surface area contributed by atoms with Gasteiger partial charge in [-0.3, -0.25) is 20.0 Å². The first-order chi connectivity index (χ1) is 26.1. The Bertz CT molecular complexity index is 1730. The van der Waals surface area contributed by atoms with Gasteiger partial charge in [0, 0.05) is 42.7 Å². The van der Waals surface area contributed by atoms with E-state index in [1.165, 1.54) is 11.3 Å². The number of ether oxygens (including phenoxy) is 2. The summed E-state index contributed by atoms with van der Waals surface area (Å²) in [5, 5.41) is 23.7. The minimum atomic E-state index is -1.17. The van der Waals surface area contributed by atoms with Crippen LogP contribution in [-0.4, -0.2) is 94.2 Å². The third kappa shape index (κ3) is 13.2.